The van der Waals surface area contributed by atoms with Crippen LogP contribution in [0.25, 0.3) is 11.0 Å². The largest absolute Gasteiger partial charge is 0.326 e. The number of benzene rings is 2. The number of aryl methyl sites for hydroxylation is 1. The molecule has 0 N–H and O–H groups in total. The first-order valence-electron chi connectivity index (χ1n) is 7.22. The number of para-hydroxylation sites is 2. The standard InChI is InChI=1S/C18H17N3/c1-2-18-20-16-10-6-7-11-17(16)21(18)13-15(12-19)14-8-4-3-5-9-14/h3-11,15H,2,13H2,1H3. The summed E-state index contributed by atoms with van der Waals surface area (Å²) in [5.74, 6) is 0.876. The molecule has 0 aliphatic heterocycles. The molecule has 3 aromatic rings. The summed E-state index contributed by atoms with van der Waals surface area (Å²) >= 11 is 0. The van der Waals surface area contributed by atoms with Crippen LogP contribution < -0.4 is 0 Å². The highest BCUT2D eigenvalue weighted by molar-refractivity contribution is 5.75. The minimum atomic E-state index is -0.158. The smallest absolute Gasteiger partial charge is 0.109 e. The molecule has 0 bridgehead atoms. The zero-order valence-electron chi connectivity index (χ0n) is 12.0. The third kappa shape index (κ3) is 2.53. The van der Waals surface area contributed by atoms with E-state index < -0.39 is 0 Å². The molecule has 0 amide bonds. The summed E-state index contributed by atoms with van der Waals surface area (Å²) in [7, 11) is 0. The topological polar surface area (TPSA) is 41.6 Å². The van der Waals surface area contributed by atoms with Gasteiger partial charge in [0.25, 0.3) is 0 Å². The van der Waals surface area contributed by atoms with Gasteiger partial charge in [0.1, 0.15) is 5.82 Å². The van der Waals surface area contributed by atoms with Crippen molar-refractivity contribution in [2.75, 3.05) is 0 Å². The van der Waals surface area contributed by atoms with Crippen LogP contribution >= 0.6 is 0 Å². The van der Waals surface area contributed by atoms with Crippen molar-refractivity contribution in [2.24, 2.45) is 0 Å². The number of hydrogen-bond acceptors (Lipinski definition) is 2. The second-order valence-electron chi connectivity index (χ2n) is 5.07. The molecule has 1 atom stereocenters. The van der Waals surface area contributed by atoms with E-state index in [0.29, 0.717) is 6.54 Å². The van der Waals surface area contributed by atoms with E-state index in [4.69, 9.17) is 0 Å². The first-order valence-corrected chi connectivity index (χ1v) is 7.22. The second-order valence-corrected chi connectivity index (χ2v) is 5.07. The molecule has 104 valence electrons. The van der Waals surface area contributed by atoms with Crippen molar-refractivity contribution in [1.82, 2.24) is 9.55 Å². The Morgan fingerprint density at radius 1 is 1.10 bits per heavy atom. The molecule has 0 saturated heterocycles. The van der Waals surface area contributed by atoms with Crippen molar-refractivity contribution in [2.45, 2.75) is 25.8 Å². The summed E-state index contributed by atoms with van der Waals surface area (Å²) in [6, 6.07) is 20.5. The first kappa shape index (κ1) is 13.4. The Labute approximate surface area is 124 Å². The highest BCUT2D eigenvalue weighted by atomic mass is 15.1. The Kier molecular flexibility index (Phi) is 3.70. The molecular formula is C18H17N3. The average molecular weight is 275 g/mol. The molecule has 0 fully saturated rings. The Balaban J connectivity index is 2.02. The molecule has 2 aromatic carbocycles. The van der Waals surface area contributed by atoms with Crippen LogP contribution in [-0.4, -0.2) is 9.55 Å². The van der Waals surface area contributed by atoms with E-state index in [1.165, 1.54) is 0 Å². The van der Waals surface area contributed by atoms with Gasteiger partial charge in [-0.05, 0) is 17.7 Å². The maximum Gasteiger partial charge on any atom is 0.109 e. The van der Waals surface area contributed by atoms with Crippen LogP contribution in [0.2, 0.25) is 0 Å². The normalized spacial score (nSPS) is 12.2. The van der Waals surface area contributed by atoms with Crippen LogP contribution in [0, 0.1) is 11.3 Å². The summed E-state index contributed by atoms with van der Waals surface area (Å²) in [6.07, 6.45) is 0.863. The molecule has 3 nitrogen and oxygen atoms in total. The van der Waals surface area contributed by atoms with E-state index >= 15 is 0 Å². The van der Waals surface area contributed by atoms with Crippen molar-refractivity contribution in [3.05, 3.63) is 66.0 Å². The average Bonchev–Trinajstić information content (AvgIpc) is 2.91. The van der Waals surface area contributed by atoms with Gasteiger partial charge in [-0.15, -0.1) is 0 Å². The predicted molar refractivity (Wildman–Crippen MR) is 83.9 cm³/mol. The molecule has 1 aromatic heterocycles. The first-order chi connectivity index (χ1) is 10.3. The van der Waals surface area contributed by atoms with Crippen LogP contribution in [-0.2, 0) is 13.0 Å². The van der Waals surface area contributed by atoms with Gasteiger partial charge in [0.15, 0.2) is 0 Å². The molecule has 1 unspecified atom stereocenters. The molecule has 1 heterocycles. The minimum Gasteiger partial charge on any atom is -0.326 e. The van der Waals surface area contributed by atoms with Crippen LogP contribution in [0.4, 0.5) is 0 Å². The summed E-state index contributed by atoms with van der Waals surface area (Å²) in [5, 5.41) is 9.53. The van der Waals surface area contributed by atoms with E-state index in [-0.39, 0.29) is 5.92 Å². The summed E-state index contributed by atoms with van der Waals surface area (Å²) in [4.78, 5) is 4.67. The highest BCUT2D eigenvalue weighted by Crippen LogP contribution is 2.22. The Bertz CT molecular complexity index is 781. The fourth-order valence-corrected chi connectivity index (χ4v) is 2.69. The lowest BCUT2D eigenvalue weighted by Crippen LogP contribution is -2.10. The number of nitrogens with zero attached hydrogens (tertiary/aromatic N) is 3. The SMILES string of the molecule is CCc1nc2ccccc2n1CC(C#N)c1ccccc1. The van der Waals surface area contributed by atoms with Gasteiger partial charge in [0, 0.05) is 13.0 Å². The van der Waals surface area contributed by atoms with Crippen molar-refractivity contribution < 1.29 is 0 Å². The third-order valence-electron chi connectivity index (χ3n) is 3.77. The van der Waals surface area contributed by atoms with E-state index in [0.717, 1.165) is 28.8 Å². The number of hydrogen-bond donors (Lipinski definition) is 0. The molecule has 21 heavy (non-hydrogen) atoms. The third-order valence-corrected chi connectivity index (χ3v) is 3.77. The second kappa shape index (κ2) is 5.80. The lowest BCUT2D eigenvalue weighted by Gasteiger charge is -2.13. The van der Waals surface area contributed by atoms with Crippen molar-refractivity contribution in [3.8, 4) is 6.07 Å². The van der Waals surface area contributed by atoms with Gasteiger partial charge >= 0.3 is 0 Å². The van der Waals surface area contributed by atoms with Gasteiger partial charge in [0.05, 0.1) is 23.0 Å². The number of imidazole rings is 1. The fourth-order valence-electron chi connectivity index (χ4n) is 2.69. The Hall–Kier alpha value is -2.60. The number of fused-ring (bicyclic) bond motifs is 1. The van der Waals surface area contributed by atoms with Crippen LogP contribution in [0.3, 0.4) is 0 Å². The molecule has 3 heteroatoms. The monoisotopic (exact) mass is 275 g/mol. The van der Waals surface area contributed by atoms with Crippen molar-refractivity contribution in [3.63, 3.8) is 0 Å². The molecule has 0 spiro atoms. The Morgan fingerprint density at radius 2 is 1.81 bits per heavy atom. The number of nitriles is 1. The summed E-state index contributed by atoms with van der Waals surface area (Å²) < 4.78 is 2.18. The maximum absolute atomic E-state index is 9.53. The lowest BCUT2D eigenvalue weighted by atomic mass is 10.0. The van der Waals surface area contributed by atoms with E-state index in [1.54, 1.807) is 0 Å². The zero-order chi connectivity index (χ0) is 14.7. The van der Waals surface area contributed by atoms with Crippen LogP contribution in [0.15, 0.2) is 54.6 Å². The summed E-state index contributed by atoms with van der Waals surface area (Å²) in [6.45, 7) is 2.74. The van der Waals surface area contributed by atoms with Crippen LogP contribution in [0.1, 0.15) is 24.2 Å². The van der Waals surface area contributed by atoms with Crippen molar-refractivity contribution in [1.29, 1.82) is 5.26 Å². The lowest BCUT2D eigenvalue weighted by molar-refractivity contribution is 0.631. The van der Waals surface area contributed by atoms with Gasteiger partial charge in [0.2, 0.25) is 0 Å². The molecular weight excluding hydrogens is 258 g/mol. The van der Waals surface area contributed by atoms with Gasteiger partial charge < -0.3 is 4.57 Å². The molecule has 0 aliphatic rings. The zero-order valence-corrected chi connectivity index (χ0v) is 12.0. The Morgan fingerprint density at radius 3 is 2.52 bits per heavy atom. The predicted octanol–water partition coefficient (Wildman–Crippen LogP) is 3.91. The highest BCUT2D eigenvalue weighted by Gasteiger charge is 2.15. The fraction of sp³-hybridized carbons (Fsp3) is 0.222. The van der Waals surface area contributed by atoms with Gasteiger partial charge in [-0.1, -0.05) is 49.4 Å². The van der Waals surface area contributed by atoms with E-state index in [1.807, 2.05) is 48.5 Å². The number of aromatic nitrogens is 2. The van der Waals surface area contributed by atoms with Gasteiger partial charge in [-0.25, -0.2) is 4.98 Å². The molecule has 0 radical (unpaired) electrons. The van der Waals surface area contributed by atoms with E-state index in [9.17, 15) is 5.26 Å². The van der Waals surface area contributed by atoms with Gasteiger partial charge in [-0.3, -0.25) is 0 Å². The molecule has 3 rings (SSSR count). The van der Waals surface area contributed by atoms with Crippen LogP contribution in [0.5, 0.6) is 0 Å². The summed E-state index contributed by atoms with van der Waals surface area (Å²) in [5.41, 5.74) is 3.16. The van der Waals surface area contributed by atoms with E-state index in [2.05, 4.69) is 28.6 Å². The molecule has 0 saturated carbocycles. The number of rotatable bonds is 4. The minimum absolute atomic E-state index is 0.158. The van der Waals surface area contributed by atoms with Gasteiger partial charge in [-0.2, -0.15) is 5.26 Å². The maximum atomic E-state index is 9.53. The van der Waals surface area contributed by atoms with Crippen molar-refractivity contribution >= 4 is 11.0 Å². The quantitative estimate of drug-likeness (QED) is 0.724. The molecule has 0 aliphatic carbocycles.